The molecule has 1 fully saturated rings. The summed E-state index contributed by atoms with van der Waals surface area (Å²) in [4.78, 5) is 11.6. The fourth-order valence-corrected chi connectivity index (χ4v) is 3.02. The molecule has 5 heteroatoms. The molecular weight excluding hydrogens is 312 g/mol. The lowest BCUT2D eigenvalue weighted by Crippen LogP contribution is -2.27. The minimum absolute atomic E-state index is 0.136. The van der Waals surface area contributed by atoms with Gasteiger partial charge in [0, 0.05) is 18.8 Å². The van der Waals surface area contributed by atoms with E-state index in [2.05, 4.69) is 35.2 Å². The van der Waals surface area contributed by atoms with Crippen LogP contribution in [0.25, 0.3) is 11.1 Å². The van der Waals surface area contributed by atoms with Gasteiger partial charge in [0.25, 0.3) is 5.90 Å². The Bertz CT molecular complexity index is 778. The Balaban J connectivity index is 1.77. The summed E-state index contributed by atoms with van der Waals surface area (Å²) in [7, 11) is 0. The lowest BCUT2D eigenvalue weighted by molar-refractivity contribution is 0.325. The molecule has 0 saturated carbocycles. The number of oxime groups is 1. The van der Waals surface area contributed by atoms with Gasteiger partial charge in [0.2, 0.25) is 0 Å². The van der Waals surface area contributed by atoms with E-state index >= 15 is 0 Å². The maximum Gasteiger partial charge on any atom is 0.251 e. The Morgan fingerprint density at radius 2 is 1.88 bits per heavy atom. The van der Waals surface area contributed by atoms with Gasteiger partial charge in [-0.3, -0.25) is 0 Å². The average Bonchev–Trinajstić information content (AvgIpc) is 3.13. The smallest absolute Gasteiger partial charge is 0.251 e. The SMILES string of the molecule is C=NOC(=NCC1CCCN1C#N)c1ccc(-c2ccccc2)cc1. The van der Waals surface area contributed by atoms with Gasteiger partial charge >= 0.3 is 0 Å². The Morgan fingerprint density at radius 3 is 2.56 bits per heavy atom. The van der Waals surface area contributed by atoms with Crippen LogP contribution in [0.2, 0.25) is 0 Å². The molecule has 1 heterocycles. The molecule has 1 aliphatic heterocycles. The molecule has 25 heavy (non-hydrogen) atoms. The first-order valence-corrected chi connectivity index (χ1v) is 8.31. The highest BCUT2D eigenvalue weighted by atomic mass is 16.6. The van der Waals surface area contributed by atoms with Gasteiger partial charge < -0.3 is 9.74 Å². The van der Waals surface area contributed by atoms with Crippen LogP contribution in [0.4, 0.5) is 0 Å². The van der Waals surface area contributed by atoms with Crippen molar-refractivity contribution in [3.05, 3.63) is 60.2 Å². The van der Waals surface area contributed by atoms with E-state index in [0.717, 1.165) is 36.1 Å². The summed E-state index contributed by atoms with van der Waals surface area (Å²) >= 11 is 0. The molecular formula is C20H20N4O. The van der Waals surface area contributed by atoms with Crippen LogP contribution in [-0.4, -0.2) is 36.6 Å². The lowest BCUT2D eigenvalue weighted by Gasteiger charge is -2.16. The molecule has 5 nitrogen and oxygen atoms in total. The normalized spacial score (nSPS) is 17.2. The zero-order valence-corrected chi connectivity index (χ0v) is 14.0. The van der Waals surface area contributed by atoms with Crippen LogP contribution in [0, 0.1) is 11.5 Å². The van der Waals surface area contributed by atoms with E-state index in [4.69, 9.17) is 10.1 Å². The zero-order chi connectivity index (χ0) is 17.5. The van der Waals surface area contributed by atoms with Crippen LogP contribution < -0.4 is 0 Å². The van der Waals surface area contributed by atoms with Gasteiger partial charge in [0.05, 0.1) is 12.6 Å². The third kappa shape index (κ3) is 4.04. The molecule has 126 valence electrons. The van der Waals surface area contributed by atoms with Gasteiger partial charge in [0.1, 0.15) is 0 Å². The monoisotopic (exact) mass is 332 g/mol. The molecule has 0 radical (unpaired) electrons. The highest BCUT2D eigenvalue weighted by Gasteiger charge is 2.23. The number of nitriles is 1. The van der Waals surface area contributed by atoms with E-state index < -0.39 is 0 Å². The number of likely N-dealkylation sites (tertiary alicyclic amines) is 1. The van der Waals surface area contributed by atoms with Crippen molar-refractivity contribution < 1.29 is 4.84 Å². The van der Waals surface area contributed by atoms with Crippen LogP contribution in [0.15, 0.2) is 64.7 Å². The predicted molar refractivity (Wildman–Crippen MR) is 99.3 cm³/mol. The van der Waals surface area contributed by atoms with Crippen LogP contribution in [-0.2, 0) is 4.84 Å². The zero-order valence-electron chi connectivity index (χ0n) is 14.0. The number of aliphatic imine (C=N–C) groups is 1. The van der Waals surface area contributed by atoms with Crippen molar-refractivity contribution in [2.24, 2.45) is 10.1 Å². The van der Waals surface area contributed by atoms with Crippen molar-refractivity contribution >= 4 is 12.6 Å². The summed E-state index contributed by atoms with van der Waals surface area (Å²) in [5.41, 5.74) is 3.13. The summed E-state index contributed by atoms with van der Waals surface area (Å²) < 4.78 is 0. The summed E-state index contributed by atoms with van der Waals surface area (Å²) in [5, 5.41) is 12.6. The molecule has 2 aromatic carbocycles. The number of rotatable bonds is 5. The van der Waals surface area contributed by atoms with E-state index in [9.17, 15) is 0 Å². The van der Waals surface area contributed by atoms with Gasteiger partial charge in [-0.2, -0.15) is 5.26 Å². The van der Waals surface area contributed by atoms with E-state index in [1.165, 1.54) is 0 Å². The molecule has 0 aliphatic carbocycles. The molecule has 0 bridgehead atoms. The quantitative estimate of drug-likeness (QED) is 0.363. The third-order valence-electron chi connectivity index (χ3n) is 4.34. The van der Waals surface area contributed by atoms with Gasteiger partial charge in [-0.15, -0.1) is 0 Å². The lowest BCUT2D eigenvalue weighted by atomic mass is 10.0. The molecule has 1 unspecified atom stereocenters. The third-order valence-corrected chi connectivity index (χ3v) is 4.34. The van der Waals surface area contributed by atoms with Crippen LogP contribution in [0.1, 0.15) is 18.4 Å². The highest BCUT2D eigenvalue weighted by Crippen LogP contribution is 2.20. The van der Waals surface area contributed by atoms with Crippen LogP contribution >= 0.6 is 0 Å². The standard InChI is InChI=1S/C20H20N4O/c1-22-25-20(23-14-19-8-5-13-24(19)15-21)18-11-9-17(10-12-18)16-6-3-2-4-7-16/h2-4,6-7,9-12,19H,1,5,8,13-14H2. The van der Waals surface area contributed by atoms with Gasteiger partial charge in [0.15, 0.2) is 6.19 Å². The largest absolute Gasteiger partial charge is 0.337 e. The van der Waals surface area contributed by atoms with Crippen molar-refractivity contribution in [3.8, 4) is 17.3 Å². The minimum Gasteiger partial charge on any atom is -0.337 e. The van der Waals surface area contributed by atoms with Crippen molar-refractivity contribution in [1.29, 1.82) is 5.26 Å². The van der Waals surface area contributed by atoms with E-state index in [-0.39, 0.29) is 6.04 Å². The van der Waals surface area contributed by atoms with Crippen molar-refractivity contribution in [1.82, 2.24) is 4.90 Å². The Hall–Kier alpha value is -3.13. The molecule has 0 spiro atoms. The highest BCUT2D eigenvalue weighted by molar-refractivity contribution is 5.94. The fourth-order valence-electron chi connectivity index (χ4n) is 3.02. The Morgan fingerprint density at radius 1 is 1.16 bits per heavy atom. The summed E-state index contributed by atoms with van der Waals surface area (Å²) in [6.45, 7) is 4.70. The molecule has 1 saturated heterocycles. The summed E-state index contributed by atoms with van der Waals surface area (Å²) in [6, 6.07) is 18.3. The molecule has 0 amide bonds. The number of nitrogens with zero attached hydrogens (tertiary/aromatic N) is 4. The molecule has 2 aromatic rings. The summed E-state index contributed by atoms with van der Waals surface area (Å²) in [5.74, 6) is 0.430. The maximum atomic E-state index is 9.13. The fraction of sp³-hybridized carbons (Fsp3) is 0.250. The van der Waals surface area contributed by atoms with E-state index in [0.29, 0.717) is 12.4 Å². The molecule has 0 aromatic heterocycles. The second-order valence-electron chi connectivity index (χ2n) is 5.90. The van der Waals surface area contributed by atoms with E-state index in [1.807, 2.05) is 42.5 Å². The predicted octanol–water partition coefficient (Wildman–Crippen LogP) is 3.68. The van der Waals surface area contributed by atoms with Gasteiger partial charge in [-0.25, -0.2) is 4.99 Å². The number of hydrogen-bond donors (Lipinski definition) is 0. The van der Waals surface area contributed by atoms with Crippen molar-refractivity contribution in [3.63, 3.8) is 0 Å². The second kappa shape index (κ2) is 8.11. The average molecular weight is 332 g/mol. The first-order chi connectivity index (χ1) is 12.3. The van der Waals surface area contributed by atoms with Crippen molar-refractivity contribution in [2.75, 3.05) is 13.1 Å². The van der Waals surface area contributed by atoms with Crippen molar-refractivity contribution in [2.45, 2.75) is 18.9 Å². The molecule has 1 aliphatic rings. The number of benzene rings is 2. The number of hydrogen-bond acceptors (Lipinski definition) is 5. The first kappa shape index (κ1) is 16.7. The van der Waals surface area contributed by atoms with Crippen LogP contribution in [0.3, 0.4) is 0 Å². The Kier molecular flexibility index (Phi) is 5.43. The first-order valence-electron chi connectivity index (χ1n) is 8.31. The molecule has 1 atom stereocenters. The van der Waals surface area contributed by atoms with Gasteiger partial charge in [-0.05, 0) is 36.1 Å². The minimum atomic E-state index is 0.136. The second-order valence-corrected chi connectivity index (χ2v) is 5.90. The molecule has 0 N–H and O–H groups in total. The molecule has 3 rings (SSSR count). The maximum absolute atomic E-state index is 9.13. The van der Waals surface area contributed by atoms with Crippen LogP contribution in [0.5, 0.6) is 0 Å². The topological polar surface area (TPSA) is 61.0 Å². The van der Waals surface area contributed by atoms with Gasteiger partial charge in [-0.1, -0.05) is 47.6 Å². The summed E-state index contributed by atoms with van der Waals surface area (Å²) in [6.07, 6.45) is 4.22. The van der Waals surface area contributed by atoms with E-state index in [1.54, 1.807) is 4.90 Å². The Labute approximate surface area is 147 Å².